The van der Waals surface area contributed by atoms with Crippen LogP contribution in [0.3, 0.4) is 0 Å². The maximum atomic E-state index is 12.8. The molecule has 2 aliphatic heterocycles. The number of carbonyl (C=O) groups excluding carboxylic acids is 2. The number of aliphatic carboxylic acids is 1. The summed E-state index contributed by atoms with van der Waals surface area (Å²) in [6.45, 7) is 1.04. The highest BCUT2D eigenvalue weighted by Gasteiger charge is 2.40. The van der Waals surface area contributed by atoms with Crippen LogP contribution in [0.4, 0.5) is 5.69 Å². The van der Waals surface area contributed by atoms with Crippen LogP contribution in [0.15, 0.2) is 42.5 Å². The molecule has 2 unspecified atom stereocenters. The number of carboxylic acid groups (broad SMARTS) is 1. The van der Waals surface area contributed by atoms with E-state index in [2.05, 4.69) is 0 Å². The first-order chi connectivity index (χ1) is 12.5. The van der Waals surface area contributed by atoms with E-state index in [4.69, 9.17) is 5.11 Å². The molecule has 26 heavy (non-hydrogen) atoms. The van der Waals surface area contributed by atoms with Crippen LogP contribution in [-0.2, 0) is 14.4 Å². The number of hydrogen-bond acceptors (Lipinski definition) is 3. The third-order valence-corrected chi connectivity index (χ3v) is 5.38. The maximum absolute atomic E-state index is 12.8. The fourth-order valence-corrected chi connectivity index (χ4v) is 3.97. The van der Waals surface area contributed by atoms with Gasteiger partial charge in [-0.3, -0.25) is 14.4 Å². The summed E-state index contributed by atoms with van der Waals surface area (Å²) in [4.78, 5) is 39.7. The standard InChI is InChI=1S/C20H20N2O4/c23-18-10-15(19(24)21-9-8-14(11-21)20(25)26)12-22(18)17-7-3-5-13-4-1-2-6-16(13)17/h1-7,14-15H,8-12H2,(H,25,26). The van der Waals surface area contributed by atoms with Gasteiger partial charge in [-0.05, 0) is 17.9 Å². The Hall–Kier alpha value is -2.89. The summed E-state index contributed by atoms with van der Waals surface area (Å²) in [7, 11) is 0. The Kier molecular flexibility index (Phi) is 4.11. The molecule has 6 nitrogen and oxygen atoms in total. The Bertz CT molecular complexity index is 889. The summed E-state index contributed by atoms with van der Waals surface area (Å²) < 4.78 is 0. The van der Waals surface area contributed by atoms with Crippen LogP contribution in [-0.4, -0.2) is 47.4 Å². The van der Waals surface area contributed by atoms with Gasteiger partial charge in [0.15, 0.2) is 0 Å². The van der Waals surface area contributed by atoms with Crippen molar-refractivity contribution >= 4 is 34.2 Å². The lowest BCUT2D eigenvalue weighted by molar-refractivity contribution is -0.141. The van der Waals surface area contributed by atoms with Gasteiger partial charge >= 0.3 is 5.97 Å². The number of nitrogens with zero attached hydrogens (tertiary/aromatic N) is 2. The molecular weight excluding hydrogens is 332 g/mol. The lowest BCUT2D eigenvalue weighted by atomic mass is 10.1. The fourth-order valence-electron chi connectivity index (χ4n) is 3.97. The lowest BCUT2D eigenvalue weighted by Crippen LogP contribution is -2.36. The van der Waals surface area contributed by atoms with Gasteiger partial charge in [-0.1, -0.05) is 36.4 Å². The monoisotopic (exact) mass is 352 g/mol. The molecule has 2 amide bonds. The van der Waals surface area contributed by atoms with Crippen LogP contribution in [0.25, 0.3) is 10.8 Å². The molecule has 2 heterocycles. The number of likely N-dealkylation sites (tertiary alicyclic amines) is 1. The van der Waals surface area contributed by atoms with E-state index in [1.54, 1.807) is 9.80 Å². The molecule has 0 radical (unpaired) electrons. The van der Waals surface area contributed by atoms with Crippen molar-refractivity contribution < 1.29 is 19.5 Å². The Morgan fingerprint density at radius 3 is 2.54 bits per heavy atom. The van der Waals surface area contributed by atoms with Crippen molar-refractivity contribution in [1.29, 1.82) is 0 Å². The molecule has 2 aromatic carbocycles. The van der Waals surface area contributed by atoms with Gasteiger partial charge in [0.2, 0.25) is 11.8 Å². The quantitative estimate of drug-likeness (QED) is 0.918. The van der Waals surface area contributed by atoms with Crippen molar-refractivity contribution in [2.75, 3.05) is 24.5 Å². The third-order valence-electron chi connectivity index (χ3n) is 5.38. The highest BCUT2D eigenvalue weighted by Crippen LogP contribution is 2.33. The van der Waals surface area contributed by atoms with Crippen LogP contribution in [0.2, 0.25) is 0 Å². The molecule has 2 atom stereocenters. The second kappa shape index (κ2) is 6.44. The molecular formula is C20H20N2O4. The number of fused-ring (bicyclic) bond motifs is 1. The van der Waals surface area contributed by atoms with Crippen molar-refractivity contribution in [3.05, 3.63) is 42.5 Å². The minimum Gasteiger partial charge on any atom is -0.481 e. The summed E-state index contributed by atoms with van der Waals surface area (Å²) in [6, 6.07) is 13.7. The van der Waals surface area contributed by atoms with E-state index in [1.165, 1.54) is 0 Å². The zero-order valence-electron chi connectivity index (χ0n) is 14.3. The van der Waals surface area contributed by atoms with Crippen molar-refractivity contribution in [2.24, 2.45) is 11.8 Å². The summed E-state index contributed by atoms with van der Waals surface area (Å²) in [5.41, 5.74) is 0.827. The molecule has 2 aliphatic rings. The molecule has 134 valence electrons. The largest absolute Gasteiger partial charge is 0.481 e. The van der Waals surface area contributed by atoms with E-state index in [0.717, 1.165) is 16.5 Å². The van der Waals surface area contributed by atoms with E-state index in [9.17, 15) is 14.4 Å². The topological polar surface area (TPSA) is 77.9 Å². The van der Waals surface area contributed by atoms with Crippen molar-refractivity contribution in [3.63, 3.8) is 0 Å². The van der Waals surface area contributed by atoms with E-state index < -0.39 is 17.8 Å². The predicted molar refractivity (Wildman–Crippen MR) is 96.7 cm³/mol. The molecule has 6 heteroatoms. The van der Waals surface area contributed by atoms with E-state index in [0.29, 0.717) is 19.5 Å². The van der Waals surface area contributed by atoms with E-state index >= 15 is 0 Å². The average molecular weight is 352 g/mol. The molecule has 0 bridgehead atoms. The average Bonchev–Trinajstić information content (AvgIpc) is 3.28. The number of amides is 2. The van der Waals surface area contributed by atoms with Gasteiger partial charge in [0.05, 0.1) is 17.5 Å². The van der Waals surface area contributed by atoms with Crippen LogP contribution >= 0.6 is 0 Å². The van der Waals surface area contributed by atoms with Gasteiger partial charge in [-0.15, -0.1) is 0 Å². The maximum Gasteiger partial charge on any atom is 0.308 e. The zero-order valence-corrected chi connectivity index (χ0v) is 14.3. The Balaban J connectivity index is 1.54. The highest BCUT2D eigenvalue weighted by molar-refractivity contribution is 6.07. The zero-order chi connectivity index (χ0) is 18.3. The Labute approximate surface area is 151 Å². The van der Waals surface area contributed by atoms with Crippen LogP contribution in [0.5, 0.6) is 0 Å². The minimum atomic E-state index is -0.861. The first-order valence-corrected chi connectivity index (χ1v) is 8.84. The fraction of sp³-hybridized carbons (Fsp3) is 0.350. The minimum absolute atomic E-state index is 0.0614. The number of benzene rings is 2. The first kappa shape index (κ1) is 16.6. The first-order valence-electron chi connectivity index (χ1n) is 8.84. The summed E-state index contributed by atoms with van der Waals surface area (Å²) in [5, 5.41) is 11.2. The van der Waals surface area contributed by atoms with Crippen molar-refractivity contribution in [1.82, 2.24) is 4.90 Å². The molecule has 0 spiro atoms. The molecule has 2 aromatic rings. The molecule has 2 fully saturated rings. The van der Waals surface area contributed by atoms with Crippen molar-refractivity contribution in [3.8, 4) is 0 Å². The smallest absolute Gasteiger partial charge is 0.308 e. The van der Waals surface area contributed by atoms with Crippen molar-refractivity contribution in [2.45, 2.75) is 12.8 Å². The molecule has 0 saturated carbocycles. The predicted octanol–water partition coefficient (Wildman–Crippen LogP) is 2.13. The number of rotatable bonds is 3. The molecule has 0 aliphatic carbocycles. The Morgan fingerprint density at radius 2 is 1.77 bits per heavy atom. The molecule has 0 aromatic heterocycles. The van der Waals surface area contributed by atoms with Crippen LogP contribution < -0.4 is 4.90 Å². The second-order valence-corrected chi connectivity index (χ2v) is 7.01. The number of carboxylic acids is 1. The van der Waals surface area contributed by atoms with Crippen LogP contribution in [0, 0.1) is 11.8 Å². The normalized spacial score (nSPS) is 23.0. The number of carbonyl (C=O) groups is 3. The van der Waals surface area contributed by atoms with Gasteiger partial charge in [0, 0.05) is 31.4 Å². The lowest BCUT2D eigenvalue weighted by Gasteiger charge is -2.21. The SMILES string of the molecule is O=C(O)C1CCN(C(=O)C2CC(=O)N(c3cccc4ccccc34)C2)C1. The number of anilines is 1. The molecule has 1 N–H and O–H groups in total. The van der Waals surface area contributed by atoms with Gasteiger partial charge < -0.3 is 14.9 Å². The van der Waals surface area contributed by atoms with Gasteiger partial charge in [0.25, 0.3) is 0 Å². The molecule has 4 rings (SSSR count). The van der Waals surface area contributed by atoms with Crippen LogP contribution in [0.1, 0.15) is 12.8 Å². The van der Waals surface area contributed by atoms with Gasteiger partial charge in [0.1, 0.15) is 0 Å². The summed E-state index contributed by atoms with van der Waals surface area (Å²) in [6.07, 6.45) is 0.658. The molecule has 2 saturated heterocycles. The van der Waals surface area contributed by atoms with E-state index in [-0.39, 0.29) is 24.8 Å². The van der Waals surface area contributed by atoms with Gasteiger partial charge in [-0.2, -0.15) is 0 Å². The van der Waals surface area contributed by atoms with Gasteiger partial charge in [-0.25, -0.2) is 0 Å². The second-order valence-electron chi connectivity index (χ2n) is 7.01. The summed E-state index contributed by atoms with van der Waals surface area (Å²) in [5.74, 6) is -1.93. The third kappa shape index (κ3) is 2.81. The number of hydrogen-bond donors (Lipinski definition) is 1. The highest BCUT2D eigenvalue weighted by atomic mass is 16.4. The van der Waals surface area contributed by atoms with E-state index in [1.807, 2.05) is 42.5 Å². The summed E-state index contributed by atoms with van der Waals surface area (Å²) >= 11 is 0. The Morgan fingerprint density at radius 1 is 1.00 bits per heavy atom.